The van der Waals surface area contributed by atoms with Gasteiger partial charge >= 0.3 is 0 Å². The Labute approximate surface area is 84.0 Å². The lowest BCUT2D eigenvalue weighted by Crippen LogP contribution is -2.19. The van der Waals surface area contributed by atoms with Crippen molar-refractivity contribution in [3.05, 3.63) is 16.7 Å². The molecule has 1 aliphatic carbocycles. The van der Waals surface area contributed by atoms with Gasteiger partial charge in [-0.1, -0.05) is 13.8 Å². The van der Waals surface area contributed by atoms with E-state index in [1.165, 1.54) is 25.0 Å². The van der Waals surface area contributed by atoms with Crippen molar-refractivity contribution >= 4 is 12.2 Å². The minimum Gasteiger partial charge on any atom is -0.337 e. The fourth-order valence-corrected chi connectivity index (χ4v) is 2.17. The highest BCUT2D eigenvalue weighted by Crippen LogP contribution is 2.34. The van der Waals surface area contributed by atoms with Crippen molar-refractivity contribution in [3.63, 3.8) is 0 Å². The molecule has 2 rings (SSSR count). The van der Waals surface area contributed by atoms with E-state index in [1.807, 2.05) is 0 Å². The summed E-state index contributed by atoms with van der Waals surface area (Å²) in [5.41, 5.74) is 1.36. The minimum atomic E-state index is 0.563. The Morgan fingerprint density at radius 3 is 2.69 bits per heavy atom. The van der Waals surface area contributed by atoms with Crippen LogP contribution in [-0.2, 0) is 0 Å². The van der Waals surface area contributed by atoms with Crippen molar-refractivity contribution in [1.82, 2.24) is 9.55 Å². The number of rotatable bonds is 2. The molecule has 1 aromatic rings. The molecule has 1 N–H and O–H groups in total. The fraction of sp³-hybridized carbons (Fsp3) is 0.700. The van der Waals surface area contributed by atoms with Gasteiger partial charge in [0.05, 0.1) is 0 Å². The molecule has 0 aromatic carbocycles. The number of nitrogens with zero attached hydrogens (tertiary/aromatic N) is 1. The van der Waals surface area contributed by atoms with E-state index < -0.39 is 0 Å². The summed E-state index contributed by atoms with van der Waals surface area (Å²) >= 11 is 5.28. The van der Waals surface area contributed by atoms with Crippen LogP contribution in [0.25, 0.3) is 0 Å². The van der Waals surface area contributed by atoms with Gasteiger partial charge in [-0.25, -0.2) is 0 Å². The highest BCUT2D eigenvalue weighted by Gasteiger charge is 2.22. The van der Waals surface area contributed by atoms with E-state index in [0.717, 1.165) is 4.77 Å². The van der Waals surface area contributed by atoms with Crippen LogP contribution in [0, 0.1) is 4.77 Å². The van der Waals surface area contributed by atoms with E-state index >= 15 is 0 Å². The summed E-state index contributed by atoms with van der Waals surface area (Å²) in [6.07, 6.45) is 6.01. The van der Waals surface area contributed by atoms with E-state index in [-0.39, 0.29) is 0 Å². The molecular weight excluding hydrogens is 180 g/mol. The fourth-order valence-electron chi connectivity index (χ4n) is 1.86. The third-order valence-corrected chi connectivity index (χ3v) is 3.19. The molecule has 1 aromatic heterocycles. The van der Waals surface area contributed by atoms with Crippen molar-refractivity contribution in [2.24, 2.45) is 0 Å². The second kappa shape index (κ2) is 3.29. The van der Waals surface area contributed by atoms with Gasteiger partial charge in [0.15, 0.2) is 4.77 Å². The van der Waals surface area contributed by atoms with Crippen molar-refractivity contribution in [2.75, 3.05) is 0 Å². The Morgan fingerprint density at radius 1 is 1.54 bits per heavy atom. The highest BCUT2D eigenvalue weighted by atomic mass is 32.1. The standard InChI is InChI=1S/C10H16N2S/c1-7(2)9-6-11-10(13)12(9)8-4-3-5-8/h6-8H,3-5H2,1-2H3,(H,11,13). The van der Waals surface area contributed by atoms with Crippen molar-refractivity contribution in [2.45, 2.75) is 45.1 Å². The predicted octanol–water partition coefficient (Wildman–Crippen LogP) is 3.39. The minimum absolute atomic E-state index is 0.563. The molecule has 1 fully saturated rings. The normalized spacial score (nSPS) is 17.8. The Morgan fingerprint density at radius 2 is 2.23 bits per heavy atom. The number of imidazole rings is 1. The molecule has 0 radical (unpaired) electrons. The molecule has 2 nitrogen and oxygen atoms in total. The molecule has 0 amide bonds. The van der Waals surface area contributed by atoms with Crippen LogP contribution in [0.2, 0.25) is 0 Å². The number of aromatic nitrogens is 2. The molecule has 0 spiro atoms. The first-order chi connectivity index (χ1) is 6.20. The van der Waals surface area contributed by atoms with E-state index in [9.17, 15) is 0 Å². The van der Waals surface area contributed by atoms with Gasteiger partial charge in [-0.3, -0.25) is 0 Å². The first-order valence-electron chi connectivity index (χ1n) is 5.00. The molecule has 13 heavy (non-hydrogen) atoms. The highest BCUT2D eigenvalue weighted by molar-refractivity contribution is 7.71. The molecular formula is C10H16N2S. The number of nitrogens with one attached hydrogen (secondary N) is 1. The van der Waals surface area contributed by atoms with Gasteiger partial charge in [0.2, 0.25) is 0 Å². The van der Waals surface area contributed by atoms with Crippen molar-refractivity contribution < 1.29 is 0 Å². The molecule has 0 saturated heterocycles. The van der Waals surface area contributed by atoms with Gasteiger partial charge in [-0.2, -0.15) is 0 Å². The zero-order valence-electron chi connectivity index (χ0n) is 8.21. The predicted molar refractivity (Wildman–Crippen MR) is 56.6 cm³/mol. The molecule has 0 unspecified atom stereocenters. The first kappa shape index (κ1) is 9.00. The van der Waals surface area contributed by atoms with Crippen LogP contribution in [0.5, 0.6) is 0 Å². The second-order valence-electron chi connectivity index (χ2n) is 4.13. The van der Waals surface area contributed by atoms with Crippen molar-refractivity contribution in [3.8, 4) is 0 Å². The molecule has 0 atom stereocenters. The molecule has 0 bridgehead atoms. The zero-order valence-corrected chi connectivity index (χ0v) is 9.03. The number of hydrogen-bond acceptors (Lipinski definition) is 1. The number of H-pyrrole nitrogens is 1. The summed E-state index contributed by atoms with van der Waals surface area (Å²) in [6, 6.07) is 0.677. The first-order valence-corrected chi connectivity index (χ1v) is 5.41. The quantitative estimate of drug-likeness (QED) is 0.719. The van der Waals surface area contributed by atoms with Gasteiger partial charge in [-0.15, -0.1) is 0 Å². The Kier molecular flexibility index (Phi) is 2.28. The third-order valence-electron chi connectivity index (χ3n) is 2.87. The van der Waals surface area contributed by atoms with E-state index in [4.69, 9.17) is 12.2 Å². The SMILES string of the molecule is CC(C)c1c[nH]c(=S)n1C1CCC1. The Bertz CT molecular complexity index is 344. The molecule has 3 heteroatoms. The monoisotopic (exact) mass is 196 g/mol. The molecule has 1 aliphatic rings. The smallest absolute Gasteiger partial charge is 0.177 e. The Hall–Kier alpha value is -0.570. The van der Waals surface area contributed by atoms with Crippen LogP contribution in [0.3, 0.4) is 0 Å². The summed E-state index contributed by atoms with van der Waals surface area (Å²) in [7, 11) is 0. The molecule has 1 saturated carbocycles. The van der Waals surface area contributed by atoms with Gasteiger partial charge in [0.25, 0.3) is 0 Å². The summed E-state index contributed by atoms with van der Waals surface area (Å²) in [5.74, 6) is 0.563. The average molecular weight is 196 g/mol. The molecule has 72 valence electrons. The largest absolute Gasteiger partial charge is 0.337 e. The maximum absolute atomic E-state index is 5.28. The van der Waals surface area contributed by atoms with E-state index in [2.05, 4.69) is 29.6 Å². The lowest BCUT2D eigenvalue weighted by molar-refractivity contribution is 0.302. The summed E-state index contributed by atoms with van der Waals surface area (Å²) in [5, 5.41) is 0. The van der Waals surface area contributed by atoms with Gasteiger partial charge in [0.1, 0.15) is 0 Å². The average Bonchev–Trinajstić information content (AvgIpc) is 2.30. The van der Waals surface area contributed by atoms with Crippen LogP contribution in [0.1, 0.15) is 50.8 Å². The van der Waals surface area contributed by atoms with Gasteiger partial charge in [-0.05, 0) is 37.4 Å². The summed E-state index contributed by atoms with van der Waals surface area (Å²) in [6.45, 7) is 4.43. The lowest BCUT2D eigenvalue weighted by atomic mass is 9.92. The molecule has 1 heterocycles. The van der Waals surface area contributed by atoms with Crippen LogP contribution < -0.4 is 0 Å². The maximum Gasteiger partial charge on any atom is 0.177 e. The van der Waals surface area contributed by atoms with Crippen LogP contribution in [0.15, 0.2) is 6.20 Å². The van der Waals surface area contributed by atoms with Crippen molar-refractivity contribution in [1.29, 1.82) is 0 Å². The number of hydrogen-bond donors (Lipinski definition) is 1. The van der Waals surface area contributed by atoms with Gasteiger partial charge < -0.3 is 9.55 Å². The Balaban J connectivity index is 2.40. The molecule has 0 aliphatic heterocycles. The topological polar surface area (TPSA) is 20.7 Å². The van der Waals surface area contributed by atoms with Crippen LogP contribution in [-0.4, -0.2) is 9.55 Å². The van der Waals surface area contributed by atoms with E-state index in [0.29, 0.717) is 12.0 Å². The van der Waals surface area contributed by atoms with Crippen LogP contribution in [0.4, 0.5) is 0 Å². The van der Waals surface area contributed by atoms with Gasteiger partial charge in [0, 0.05) is 17.9 Å². The maximum atomic E-state index is 5.28. The summed E-state index contributed by atoms with van der Waals surface area (Å²) in [4.78, 5) is 3.15. The lowest BCUT2D eigenvalue weighted by Gasteiger charge is -2.29. The second-order valence-corrected chi connectivity index (χ2v) is 4.51. The third kappa shape index (κ3) is 1.46. The summed E-state index contributed by atoms with van der Waals surface area (Å²) < 4.78 is 3.21. The zero-order chi connectivity index (χ0) is 9.42. The van der Waals surface area contributed by atoms with E-state index in [1.54, 1.807) is 0 Å². The number of aromatic amines is 1. The van der Waals surface area contributed by atoms with Crippen LogP contribution >= 0.6 is 12.2 Å².